The number of aliphatic hydroxyl groups excluding tert-OH is 1. The minimum absolute atomic E-state index is 0.0810. The van der Waals surface area contributed by atoms with Gasteiger partial charge in [0.15, 0.2) is 24.5 Å². The molecule has 4 saturated heterocycles. The molecule has 75 heavy (non-hydrogen) atoms. The Balaban J connectivity index is 1.03. The third kappa shape index (κ3) is 11.9. The lowest BCUT2D eigenvalue weighted by Crippen LogP contribution is -2.59. The summed E-state index contributed by atoms with van der Waals surface area (Å²) in [6.45, 7) is 11.6. The van der Waals surface area contributed by atoms with Gasteiger partial charge in [-0.3, -0.25) is 14.4 Å². The van der Waals surface area contributed by atoms with Gasteiger partial charge in [-0.1, -0.05) is 81.7 Å². The molecule has 17 nitrogen and oxygen atoms in total. The highest BCUT2D eigenvalue weighted by atomic mass is 16.7. The van der Waals surface area contributed by atoms with Crippen molar-refractivity contribution in [3.63, 3.8) is 0 Å². The highest BCUT2D eigenvalue weighted by Crippen LogP contribution is 2.49. The van der Waals surface area contributed by atoms with Crippen molar-refractivity contribution < 1.29 is 81.8 Å². The summed E-state index contributed by atoms with van der Waals surface area (Å²) >= 11 is 0. The van der Waals surface area contributed by atoms with Gasteiger partial charge in [0.2, 0.25) is 0 Å². The number of carbonyl (C=O) groups excluding carboxylic acids is 2. The van der Waals surface area contributed by atoms with Gasteiger partial charge in [0, 0.05) is 51.7 Å². The van der Waals surface area contributed by atoms with Crippen LogP contribution in [0.2, 0.25) is 0 Å². The maximum Gasteiger partial charge on any atom is 0.316 e. The standard InChI is InChI=1S/C58H82O17/c1-31-15-14-18-38-30-67-53-51(73-55(62)42-20-13-12-19-41(42)54(60)61)34(4)25-43(58(38,53)64)56(63)70-40-26-39(74-57(29-40)24-23-33(3)50(75-57)37-16-10-9-11-17-37)22-21-32(2)49(31)71-47-28-45(66-8)52(36(6)69-47)72-46-27-44(65-7)48(59)35(5)68-46/h12-15,18,21,23-25,31,33,35-37,39-53,59,64H,9-11,16-17,19-20,22,26-30H2,1-8H3,(H,60,61)/b15-14+,32-21+,38-18+/t31-,33-,35-,36-,39+,40?,41?,42?,43-,44-,45-,46-,47-,48-,49-,50-,51+,52-,53+,57+,58+/m0/s1. The van der Waals surface area contributed by atoms with E-state index >= 15 is 0 Å². The van der Waals surface area contributed by atoms with Gasteiger partial charge >= 0.3 is 17.9 Å². The van der Waals surface area contributed by atoms with E-state index < -0.39 is 127 Å². The molecule has 5 fully saturated rings. The average Bonchev–Trinajstić information content (AvgIpc) is 3.75. The topological polar surface area (TPSA) is 213 Å². The van der Waals surface area contributed by atoms with Crippen molar-refractivity contribution in [2.24, 2.45) is 35.5 Å². The Kier molecular flexibility index (Phi) is 17.8. The Morgan fingerprint density at radius 2 is 1.49 bits per heavy atom. The summed E-state index contributed by atoms with van der Waals surface area (Å²) in [6.07, 6.45) is 16.3. The molecule has 2 bridgehead atoms. The van der Waals surface area contributed by atoms with Gasteiger partial charge in [-0.2, -0.15) is 0 Å². The molecule has 3 unspecified atom stereocenters. The van der Waals surface area contributed by atoms with Crippen LogP contribution in [0.15, 0.2) is 71.4 Å². The lowest BCUT2D eigenvalue weighted by Gasteiger charge is -2.49. The fourth-order valence-electron chi connectivity index (χ4n) is 13.4. The third-order valence-corrected chi connectivity index (χ3v) is 17.7. The molecule has 3 N–H and O–H groups in total. The molecule has 1 spiro atoms. The molecule has 0 aromatic heterocycles. The Morgan fingerprint density at radius 3 is 2.23 bits per heavy atom. The number of hydrogen-bond donors (Lipinski definition) is 3. The molecule has 9 aliphatic rings. The molecule has 0 aromatic carbocycles. The molecule has 9 rings (SSSR count). The molecule has 17 heteroatoms. The highest BCUT2D eigenvalue weighted by Gasteiger charge is 2.62. The van der Waals surface area contributed by atoms with E-state index in [9.17, 15) is 29.7 Å². The van der Waals surface area contributed by atoms with E-state index in [0.29, 0.717) is 42.7 Å². The van der Waals surface area contributed by atoms with Crippen LogP contribution >= 0.6 is 0 Å². The fraction of sp³-hybridized carbons (Fsp3) is 0.741. The molecule has 6 heterocycles. The predicted octanol–water partition coefficient (Wildman–Crippen LogP) is 7.13. The van der Waals surface area contributed by atoms with Crippen molar-refractivity contribution in [2.45, 2.75) is 216 Å². The van der Waals surface area contributed by atoms with E-state index in [1.165, 1.54) is 6.42 Å². The smallest absolute Gasteiger partial charge is 0.316 e. The number of aliphatic carboxylic acids is 1. The summed E-state index contributed by atoms with van der Waals surface area (Å²) in [6, 6.07) is 0. The number of allylic oxidation sites excluding steroid dienone is 4. The largest absolute Gasteiger partial charge is 0.481 e. The number of aliphatic hydroxyl groups is 2. The van der Waals surface area contributed by atoms with Crippen LogP contribution in [0.1, 0.15) is 119 Å². The van der Waals surface area contributed by atoms with Gasteiger partial charge in [0.05, 0.1) is 61.2 Å². The Hall–Kier alpha value is -3.59. The summed E-state index contributed by atoms with van der Waals surface area (Å²) in [5.41, 5.74) is -0.234. The van der Waals surface area contributed by atoms with Crippen molar-refractivity contribution in [3.8, 4) is 0 Å². The zero-order valence-electron chi connectivity index (χ0n) is 45.0. The molecule has 21 atom stereocenters. The van der Waals surface area contributed by atoms with E-state index in [1.54, 1.807) is 52.4 Å². The SMILES string of the molecule is CO[C@H]1C[C@H](O[C@H]2[C@H](C)O[C@@H](O[C@@H]3/C(C)=C/C[C@@H]4CC(C[C@]5(C=C[C@H](C)[C@@H](C6CCCCC6)O5)O4)OC(=O)[C@@H]4C=C(C)[C@@H](OC(=O)C5CC=CCC5C(=O)O)[C@H]5OC/C(=C\C=C\[C@@H]3C)[C@]54O)C[C@@H]2OC)O[C@@H](C)[C@@H]1O. The number of carboxylic acid groups (broad SMARTS) is 1. The molecule has 416 valence electrons. The normalized spacial score (nSPS) is 46.6. The second-order valence-electron chi connectivity index (χ2n) is 22.9. The van der Waals surface area contributed by atoms with Crippen LogP contribution in [0.25, 0.3) is 0 Å². The summed E-state index contributed by atoms with van der Waals surface area (Å²) in [7, 11) is 3.20. The number of methoxy groups -OCH3 is 2. The number of hydrogen-bond acceptors (Lipinski definition) is 16. The number of rotatable bonds is 10. The van der Waals surface area contributed by atoms with Crippen LogP contribution in [-0.2, 0) is 66.5 Å². The molecule has 0 aromatic rings. The lowest BCUT2D eigenvalue weighted by atomic mass is 9.70. The minimum atomic E-state index is -2.02. The Morgan fingerprint density at radius 1 is 0.787 bits per heavy atom. The number of esters is 2. The number of carboxylic acids is 1. The molecular formula is C58H82O17. The van der Waals surface area contributed by atoms with Crippen LogP contribution in [0.3, 0.4) is 0 Å². The minimum Gasteiger partial charge on any atom is -0.481 e. The summed E-state index contributed by atoms with van der Waals surface area (Å²) in [5, 5.41) is 33.8. The maximum absolute atomic E-state index is 14.9. The number of carbonyl (C=O) groups is 3. The van der Waals surface area contributed by atoms with E-state index in [4.69, 9.17) is 52.1 Å². The van der Waals surface area contributed by atoms with Crippen LogP contribution < -0.4 is 0 Å². The number of ether oxygens (including phenoxy) is 11. The van der Waals surface area contributed by atoms with Crippen LogP contribution in [0.4, 0.5) is 0 Å². The van der Waals surface area contributed by atoms with Crippen LogP contribution in [0, 0.1) is 35.5 Å². The molecule has 0 radical (unpaired) electrons. The van der Waals surface area contributed by atoms with Crippen molar-refractivity contribution in [1.29, 1.82) is 0 Å². The van der Waals surface area contributed by atoms with Crippen LogP contribution in [-0.4, -0.2) is 151 Å². The maximum atomic E-state index is 14.9. The summed E-state index contributed by atoms with van der Waals surface area (Å²) < 4.78 is 71.0. The third-order valence-electron chi connectivity index (χ3n) is 17.7. The van der Waals surface area contributed by atoms with Crippen molar-refractivity contribution in [2.75, 3.05) is 20.8 Å². The zero-order valence-corrected chi connectivity index (χ0v) is 45.0. The van der Waals surface area contributed by atoms with E-state index in [2.05, 4.69) is 19.1 Å². The van der Waals surface area contributed by atoms with Gasteiger partial charge in [-0.25, -0.2) is 0 Å². The average molecular weight is 1050 g/mol. The van der Waals surface area contributed by atoms with Crippen molar-refractivity contribution in [1.82, 2.24) is 0 Å². The van der Waals surface area contributed by atoms with Crippen molar-refractivity contribution >= 4 is 17.9 Å². The summed E-state index contributed by atoms with van der Waals surface area (Å²) in [5.74, 6) is -6.54. The zero-order chi connectivity index (χ0) is 53.3. The molecule has 0 amide bonds. The molecule has 1 saturated carbocycles. The van der Waals surface area contributed by atoms with Crippen LogP contribution in [0.5, 0.6) is 0 Å². The van der Waals surface area contributed by atoms with Gasteiger partial charge < -0.3 is 67.4 Å². The van der Waals surface area contributed by atoms with E-state index in [1.807, 2.05) is 39.0 Å². The lowest BCUT2D eigenvalue weighted by molar-refractivity contribution is -0.318. The predicted molar refractivity (Wildman–Crippen MR) is 271 cm³/mol. The van der Waals surface area contributed by atoms with Gasteiger partial charge in [-0.05, 0) is 88.5 Å². The number of fused-ring (bicyclic) bond motifs is 2. The molecular weight excluding hydrogens is 969 g/mol. The highest BCUT2D eigenvalue weighted by molar-refractivity contribution is 5.82. The fourth-order valence-corrected chi connectivity index (χ4v) is 13.4. The van der Waals surface area contributed by atoms with Gasteiger partial charge in [-0.15, -0.1) is 0 Å². The Bertz CT molecular complexity index is 2230. The first-order chi connectivity index (χ1) is 35.9. The second kappa shape index (κ2) is 23.8. The van der Waals surface area contributed by atoms with Gasteiger partial charge in [0.1, 0.15) is 35.9 Å². The van der Waals surface area contributed by atoms with E-state index in [0.717, 1.165) is 31.3 Å². The van der Waals surface area contributed by atoms with Gasteiger partial charge in [0.25, 0.3) is 0 Å². The Labute approximate surface area is 441 Å². The molecule has 6 aliphatic heterocycles. The first-order valence-electron chi connectivity index (χ1n) is 27.7. The monoisotopic (exact) mass is 1050 g/mol. The quantitative estimate of drug-likeness (QED) is 0.147. The van der Waals surface area contributed by atoms with Crippen molar-refractivity contribution in [3.05, 3.63) is 71.4 Å². The first kappa shape index (κ1) is 56.1. The molecule has 3 aliphatic carbocycles. The second-order valence-corrected chi connectivity index (χ2v) is 22.9. The van der Waals surface area contributed by atoms with E-state index in [-0.39, 0.29) is 43.8 Å². The summed E-state index contributed by atoms with van der Waals surface area (Å²) in [4.78, 5) is 41.1. The first-order valence-corrected chi connectivity index (χ1v) is 27.7.